The maximum absolute atomic E-state index is 12.3. The standard InChI is InChI=1S/C21H32N4O2S/c1-4-7-8-16(5-2)15-22-19(26)13-14-25-20(23-24-21(25)28)17-9-11-18(12-10-17)27-6-3/h9-12,16H,4-8,13-15H2,1-3H3,(H,22,26)(H,24,28). The molecule has 28 heavy (non-hydrogen) atoms. The highest BCUT2D eigenvalue weighted by atomic mass is 32.1. The van der Waals surface area contributed by atoms with Gasteiger partial charge in [0.25, 0.3) is 0 Å². The molecular weight excluding hydrogens is 372 g/mol. The number of carbonyl (C=O) groups is 1. The van der Waals surface area contributed by atoms with Crippen LogP contribution < -0.4 is 10.1 Å². The molecule has 1 aromatic heterocycles. The third-order valence-corrected chi connectivity index (χ3v) is 5.19. The van der Waals surface area contributed by atoms with Crippen LogP contribution in [0.25, 0.3) is 11.4 Å². The van der Waals surface area contributed by atoms with E-state index in [0.29, 0.717) is 30.3 Å². The summed E-state index contributed by atoms with van der Waals surface area (Å²) in [5.74, 6) is 2.16. The predicted molar refractivity (Wildman–Crippen MR) is 115 cm³/mol. The van der Waals surface area contributed by atoms with Gasteiger partial charge in [-0.25, -0.2) is 0 Å². The lowest BCUT2D eigenvalue weighted by Gasteiger charge is -2.15. The van der Waals surface area contributed by atoms with E-state index in [0.717, 1.165) is 30.1 Å². The highest BCUT2D eigenvalue weighted by Crippen LogP contribution is 2.21. The summed E-state index contributed by atoms with van der Waals surface area (Å²) in [6.07, 6.45) is 5.04. The number of hydrogen-bond acceptors (Lipinski definition) is 4. The first-order valence-electron chi connectivity index (χ1n) is 10.2. The van der Waals surface area contributed by atoms with Gasteiger partial charge in [0.15, 0.2) is 10.6 Å². The number of H-pyrrole nitrogens is 1. The van der Waals surface area contributed by atoms with E-state index in [-0.39, 0.29) is 5.91 Å². The van der Waals surface area contributed by atoms with E-state index in [9.17, 15) is 4.79 Å². The molecule has 1 unspecified atom stereocenters. The number of carbonyl (C=O) groups excluding carboxylic acids is 1. The van der Waals surface area contributed by atoms with Gasteiger partial charge in [0.2, 0.25) is 5.91 Å². The number of aromatic nitrogens is 3. The highest BCUT2D eigenvalue weighted by molar-refractivity contribution is 7.71. The van der Waals surface area contributed by atoms with Crippen molar-refractivity contribution in [3.8, 4) is 17.1 Å². The van der Waals surface area contributed by atoms with Crippen molar-refractivity contribution in [1.29, 1.82) is 0 Å². The highest BCUT2D eigenvalue weighted by Gasteiger charge is 2.12. The Morgan fingerprint density at radius 3 is 2.68 bits per heavy atom. The summed E-state index contributed by atoms with van der Waals surface area (Å²) in [5.41, 5.74) is 0.932. The molecule has 6 nitrogen and oxygen atoms in total. The first-order chi connectivity index (χ1) is 13.6. The molecule has 2 rings (SSSR count). The summed E-state index contributed by atoms with van der Waals surface area (Å²) >= 11 is 5.35. The lowest BCUT2D eigenvalue weighted by Crippen LogP contribution is -2.29. The van der Waals surface area contributed by atoms with Gasteiger partial charge < -0.3 is 10.1 Å². The average Bonchev–Trinajstić information content (AvgIpc) is 3.08. The fourth-order valence-electron chi connectivity index (χ4n) is 3.12. The Morgan fingerprint density at radius 2 is 2.04 bits per heavy atom. The summed E-state index contributed by atoms with van der Waals surface area (Å²) in [5, 5.41) is 10.2. The second kappa shape index (κ2) is 11.6. The van der Waals surface area contributed by atoms with E-state index < -0.39 is 0 Å². The lowest BCUT2D eigenvalue weighted by molar-refractivity contribution is -0.121. The van der Waals surface area contributed by atoms with Crippen LogP contribution in [0.1, 0.15) is 52.9 Å². The molecule has 0 fully saturated rings. The van der Waals surface area contributed by atoms with Crippen LogP contribution in [0.3, 0.4) is 0 Å². The van der Waals surface area contributed by atoms with E-state index in [1.54, 1.807) is 0 Å². The molecular formula is C21H32N4O2S. The molecule has 154 valence electrons. The third kappa shape index (κ3) is 6.48. The maximum atomic E-state index is 12.3. The summed E-state index contributed by atoms with van der Waals surface area (Å²) in [4.78, 5) is 12.3. The molecule has 0 aliphatic rings. The minimum Gasteiger partial charge on any atom is -0.494 e. The number of hydrogen-bond donors (Lipinski definition) is 2. The third-order valence-electron chi connectivity index (χ3n) is 4.88. The number of nitrogens with zero attached hydrogens (tertiary/aromatic N) is 2. The average molecular weight is 405 g/mol. The molecule has 0 bridgehead atoms. The Hall–Kier alpha value is -2.15. The van der Waals surface area contributed by atoms with Gasteiger partial charge in [0, 0.05) is 25.1 Å². The van der Waals surface area contributed by atoms with Crippen LogP contribution in [0, 0.1) is 10.7 Å². The van der Waals surface area contributed by atoms with Crippen LogP contribution in [0.4, 0.5) is 0 Å². The fourth-order valence-corrected chi connectivity index (χ4v) is 3.34. The first kappa shape index (κ1) is 22.1. The number of rotatable bonds is 12. The zero-order chi connectivity index (χ0) is 20.4. The second-order valence-electron chi connectivity index (χ2n) is 6.93. The summed E-state index contributed by atoms with van der Waals surface area (Å²) in [6, 6.07) is 7.72. The molecule has 1 aromatic carbocycles. The van der Waals surface area contributed by atoms with Crippen molar-refractivity contribution in [1.82, 2.24) is 20.1 Å². The molecule has 0 aliphatic carbocycles. The van der Waals surface area contributed by atoms with Crippen LogP contribution in [0.5, 0.6) is 5.75 Å². The first-order valence-corrected chi connectivity index (χ1v) is 10.6. The molecule has 1 atom stereocenters. The van der Waals surface area contributed by atoms with Gasteiger partial charge in [-0.1, -0.05) is 33.1 Å². The SMILES string of the molecule is CCCCC(CC)CNC(=O)CCn1c(-c2ccc(OCC)cc2)n[nH]c1=S. The van der Waals surface area contributed by atoms with Crippen molar-refractivity contribution in [3.63, 3.8) is 0 Å². The zero-order valence-corrected chi connectivity index (χ0v) is 18.0. The summed E-state index contributed by atoms with van der Waals surface area (Å²) in [6.45, 7) is 8.20. The minimum absolute atomic E-state index is 0.0516. The van der Waals surface area contributed by atoms with Crippen molar-refractivity contribution in [2.24, 2.45) is 5.92 Å². The molecule has 0 saturated heterocycles. The summed E-state index contributed by atoms with van der Waals surface area (Å²) < 4.78 is 7.88. The van der Waals surface area contributed by atoms with Gasteiger partial charge in [-0.15, -0.1) is 0 Å². The molecule has 1 amide bonds. The number of ether oxygens (including phenoxy) is 1. The Labute approximate surface area is 172 Å². The number of benzene rings is 1. The molecule has 0 aliphatic heterocycles. The van der Waals surface area contributed by atoms with E-state index in [2.05, 4.69) is 29.4 Å². The Balaban J connectivity index is 1.94. The van der Waals surface area contributed by atoms with Crippen molar-refractivity contribution < 1.29 is 9.53 Å². The van der Waals surface area contributed by atoms with Crippen LogP contribution >= 0.6 is 12.2 Å². The molecule has 2 N–H and O–H groups in total. The Bertz CT molecular complexity index is 782. The largest absolute Gasteiger partial charge is 0.494 e. The van der Waals surface area contributed by atoms with E-state index in [1.807, 2.05) is 35.8 Å². The van der Waals surface area contributed by atoms with Gasteiger partial charge in [-0.2, -0.15) is 5.10 Å². The molecule has 7 heteroatoms. The second-order valence-corrected chi connectivity index (χ2v) is 7.32. The molecule has 1 heterocycles. The normalized spacial score (nSPS) is 12.0. The Kier molecular flexibility index (Phi) is 9.20. The number of aromatic amines is 1. The van der Waals surface area contributed by atoms with Gasteiger partial charge in [-0.05, 0) is 55.7 Å². The van der Waals surface area contributed by atoms with Gasteiger partial charge in [-0.3, -0.25) is 14.5 Å². The minimum atomic E-state index is 0.0516. The predicted octanol–water partition coefficient (Wildman–Crippen LogP) is 4.73. The monoisotopic (exact) mass is 404 g/mol. The summed E-state index contributed by atoms with van der Waals surface area (Å²) in [7, 11) is 0. The van der Waals surface area contributed by atoms with Crippen LogP contribution in [-0.4, -0.2) is 33.8 Å². The van der Waals surface area contributed by atoms with Gasteiger partial charge >= 0.3 is 0 Å². The van der Waals surface area contributed by atoms with E-state index in [4.69, 9.17) is 17.0 Å². The molecule has 2 aromatic rings. The number of nitrogens with one attached hydrogen (secondary N) is 2. The Morgan fingerprint density at radius 1 is 1.29 bits per heavy atom. The van der Waals surface area contributed by atoms with Crippen LogP contribution in [0.15, 0.2) is 24.3 Å². The number of unbranched alkanes of at least 4 members (excludes halogenated alkanes) is 1. The van der Waals surface area contributed by atoms with E-state index in [1.165, 1.54) is 19.3 Å². The smallest absolute Gasteiger partial charge is 0.221 e. The van der Waals surface area contributed by atoms with Crippen molar-refractivity contribution in [2.75, 3.05) is 13.2 Å². The maximum Gasteiger partial charge on any atom is 0.221 e. The molecule has 0 saturated carbocycles. The van der Waals surface area contributed by atoms with E-state index >= 15 is 0 Å². The zero-order valence-electron chi connectivity index (χ0n) is 17.2. The van der Waals surface area contributed by atoms with Gasteiger partial charge in [0.05, 0.1) is 6.61 Å². The van der Waals surface area contributed by atoms with Crippen molar-refractivity contribution in [3.05, 3.63) is 29.0 Å². The quantitative estimate of drug-likeness (QED) is 0.502. The fraction of sp³-hybridized carbons (Fsp3) is 0.571. The van der Waals surface area contributed by atoms with Crippen LogP contribution in [0.2, 0.25) is 0 Å². The molecule has 0 spiro atoms. The van der Waals surface area contributed by atoms with Crippen molar-refractivity contribution >= 4 is 18.1 Å². The number of amides is 1. The molecule has 0 radical (unpaired) electrons. The van der Waals surface area contributed by atoms with Crippen molar-refractivity contribution in [2.45, 2.75) is 59.4 Å². The van der Waals surface area contributed by atoms with Crippen LogP contribution in [-0.2, 0) is 11.3 Å². The van der Waals surface area contributed by atoms with Gasteiger partial charge in [0.1, 0.15) is 5.75 Å². The topological polar surface area (TPSA) is 71.9 Å². The lowest BCUT2D eigenvalue weighted by atomic mass is 9.99.